The van der Waals surface area contributed by atoms with Gasteiger partial charge in [0.1, 0.15) is 5.75 Å². The Bertz CT molecular complexity index is 432. The maximum atomic E-state index is 11.4. The second-order valence-electron chi connectivity index (χ2n) is 3.77. The van der Waals surface area contributed by atoms with Crippen LogP contribution in [0, 0.1) is 0 Å². The first-order valence-electron chi connectivity index (χ1n) is 5.53. The van der Waals surface area contributed by atoms with E-state index in [-0.39, 0.29) is 18.4 Å². The third kappa shape index (κ3) is 4.42. The lowest BCUT2D eigenvalue weighted by Gasteiger charge is -2.10. The molecule has 0 aliphatic heterocycles. The zero-order valence-electron chi connectivity index (χ0n) is 10.4. The molecule has 0 saturated carbocycles. The number of anilines is 1. The van der Waals surface area contributed by atoms with Crippen molar-refractivity contribution in [3.05, 3.63) is 24.3 Å². The van der Waals surface area contributed by atoms with E-state index in [9.17, 15) is 9.59 Å². The van der Waals surface area contributed by atoms with Crippen molar-refractivity contribution in [2.45, 2.75) is 13.0 Å². The van der Waals surface area contributed by atoms with Gasteiger partial charge in [-0.25, -0.2) is 0 Å². The van der Waals surface area contributed by atoms with E-state index in [0.29, 0.717) is 11.4 Å². The summed E-state index contributed by atoms with van der Waals surface area (Å²) in [4.78, 5) is 22.4. The highest BCUT2D eigenvalue weighted by molar-refractivity contribution is 5.94. The third-order valence-electron chi connectivity index (χ3n) is 2.16. The number of likely N-dealkylation sites (N-methyl/N-ethyl adjacent to an activating group) is 1. The summed E-state index contributed by atoms with van der Waals surface area (Å²) < 4.78 is 5.25. The molecule has 0 fully saturated rings. The second kappa shape index (κ2) is 6.61. The van der Waals surface area contributed by atoms with Gasteiger partial charge in [0.2, 0.25) is 5.91 Å². The lowest BCUT2D eigenvalue weighted by atomic mass is 10.2. The molecule has 0 saturated heterocycles. The molecule has 1 aromatic carbocycles. The predicted octanol–water partition coefficient (Wildman–Crippen LogP) is 0.0971. The number of hydrogen-bond acceptors (Lipinski definition) is 4. The molecule has 1 atom stereocenters. The van der Waals surface area contributed by atoms with E-state index in [1.54, 1.807) is 31.2 Å². The molecule has 0 heterocycles. The number of carbonyl (C=O) groups excluding carboxylic acids is 2. The Morgan fingerprint density at radius 3 is 2.78 bits per heavy atom. The van der Waals surface area contributed by atoms with Gasteiger partial charge in [-0.3, -0.25) is 9.59 Å². The first-order chi connectivity index (χ1) is 8.52. The van der Waals surface area contributed by atoms with Gasteiger partial charge in [-0.05, 0) is 19.1 Å². The Balaban J connectivity index is 2.62. The lowest BCUT2D eigenvalue weighted by molar-refractivity contribution is -0.122. The van der Waals surface area contributed by atoms with Crippen LogP contribution in [0.4, 0.5) is 5.69 Å². The largest absolute Gasteiger partial charge is 0.484 e. The normalized spacial score (nSPS) is 11.5. The van der Waals surface area contributed by atoms with E-state index in [1.807, 2.05) is 0 Å². The highest BCUT2D eigenvalue weighted by atomic mass is 16.5. The lowest BCUT2D eigenvalue weighted by Crippen LogP contribution is -2.32. The van der Waals surface area contributed by atoms with Crippen LogP contribution in [0.15, 0.2) is 24.3 Å². The topological polar surface area (TPSA) is 93.5 Å². The van der Waals surface area contributed by atoms with Gasteiger partial charge in [0.15, 0.2) is 6.61 Å². The molecule has 0 bridgehead atoms. The van der Waals surface area contributed by atoms with E-state index in [4.69, 9.17) is 10.5 Å². The summed E-state index contributed by atoms with van der Waals surface area (Å²) >= 11 is 0. The summed E-state index contributed by atoms with van der Waals surface area (Å²) in [7, 11) is 1.53. The average Bonchev–Trinajstić information content (AvgIpc) is 2.36. The number of rotatable bonds is 5. The van der Waals surface area contributed by atoms with Crippen molar-refractivity contribution in [1.29, 1.82) is 0 Å². The molecule has 0 radical (unpaired) electrons. The highest BCUT2D eigenvalue weighted by Gasteiger charge is 2.08. The van der Waals surface area contributed by atoms with Crippen LogP contribution in [0.1, 0.15) is 6.92 Å². The molecule has 0 aromatic heterocycles. The van der Waals surface area contributed by atoms with Crippen molar-refractivity contribution >= 4 is 17.5 Å². The van der Waals surface area contributed by atoms with E-state index in [1.165, 1.54) is 7.05 Å². The van der Waals surface area contributed by atoms with Gasteiger partial charge in [-0.15, -0.1) is 0 Å². The summed E-state index contributed by atoms with van der Waals surface area (Å²) in [6, 6.07) is 6.18. The smallest absolute Gasteiger partial charge is 0.257 e. The van der Waals surface area contributed by atoms with E-state index >= 15 is 0 Å². The molecular formula is C12H17N3O3. The van der Waals surface area contributed by atoms with Crippen LogP contribution >= 0.6 is 0 Å². The van der Waals surface area contributed by atoms with Crippen molar-refractivity contribution in [2.75, 3.05) is 19.0 Å². The molecule has 2 amide bonds. The molecule has 4 N–H and O–H groups in total. The van der Waals surface area contributed by atoms with Crippen LogP contribution in [0.25, 0.3) is 0 Å². The number of hydrogen-bond donors (Lipinski definition) is 3. The Morgan fingerprint density at radius 1 is 1.44 bits per heavy atom. The predicted molar refractivity (Wildman–Crippen MR) is 68.3 cm³/mol. The molecule has 6 nitrogen and oxygen atoms in total. The van der Waals surface area contributed by atoms with Crippen LogP contribution in [-0.2, 0) is 9.59 Å². The van der Waals surface area contributed by atoms with Crippen molar-refractivity contribution in [1.82, 2.24) is 5.32 Å². The number of benzene rings is 1. The average molecular weight is 251 g/mol. The first-order valence-corrected chi connectivity index (χ1v) is 5.53. The zero-order valence-corrected chi connectivity index (χ0v) is 10.4. The van der Waals surface area contributed by atoms with Gasteiger partial charge in [-0.1, -0.05) is 6.07 Å². The van der Waals surface area contributed by atoms with Gasteiger partial charge < -0.3 is 21.1 Å². The van der Waals surface area contributed by atoms with Gasteiger partial charge >= 0.3 is 0 Å². The highest BCUT2D eigenvalue weighted by Crippen LogP contribution is 2.17. The number of carbonyl (C=O) groups is 2. The number of nitrogens with one attached hydrogen (secondary N) is 2. The molecule has 1 aromatic rings. The van der Waals surface area contributed by atoms with Crippen molar-refractivity contribution in [3.8, 4) is 5.75 Å². The number of ether oxygens (including phenoxy) is 1. The maximum Gasteiger partial charge on any atom is 0.257 e. The van der Waals surface area contributed by atoms with Gasteiger partial charge in [0.25, 0.3) is 5.91 Å². The molecule has 0 aliphatic rings. The van der Waals surface area contributed by atoms with Crippen molar-refractivity contribution < 1.29 is 14.3 Å². The monoisotopic (exact) mass is 251 g/mol. The van der Waals surface area contributed by atoms with Gasteiger partial charge in [-0.2, -0.15) is 0 Å². The Labute approximate surface area is 105 Å². The molecule has 0 spiro atoms. The molecule has 0 unspecified atom stereocenters. The summed E-state index contributed by atoms with van der Waals surface area (Å²) in [6.45, 7) is 1.53. The molecular weight excluding hydrogens is 234 g/mol. The van der Waals surface area contributed by atoms with Crippen LogP contribution in [0.3, 0.4) is 0 Å². The van der Waals surface area contributed by atoms with Crippen molar-refractivity contribution in [2.24, 2.45) is 5.73 Å². The molecule has 6 heteroatoms. The number of amides is 2. The fourth-order valence-corrected chi connectivity index (χ4v) is 1.14. The Kier molecular flexibility index (Phi) is 5.13. The standard InChI is InChI=1S/C12H17N3O3/c1-8(13)12(17)15-9-4-3-5-10(6-9)18-7-11(16)14-2/h3-6,8H,7,13H2,1-2H3,(H,14,16)(H,15,17)/t8-/m1/s1. The first kappa shape index (κ1) is 14.0. The van der Waals surface area contributed by atoms with Crippen LogP contribution < -0.4 is 21.1 Å². The minimum absolute atomic E-state index is 0.0683. The number of nitrogens with two attached hydrogens (primary N) is 1. The summed E-state index contributed by atoms with van der Waals surface area (Å²) in [5, 5.41) is 5.09. The Hall–Kier alpha value is -2.08. The zero-order chi connectivity index (χ0) is 13.5. The Morgan fingerprint density at radius 2 is 2.17 bits per heavy atom. The van der Waals surface area contributed by atoms with Crippen LogP contribution in [-0.4, -0.2) is 31.5 Å². The van der Waals surface area contributed by atoms with Crippen molar-refractivity contribution in [3.63, 3.8) is 0 Å². The molecule has 18 heavy (non-hydrogen) atoms. The fourth-order valence-electron chi connectivity index (χ4n) is 1.14. The fraction of sp³-hybridized carbons (Fsp3) is 0.333. The molecule has 98 valence electrons. The van der Waals surface area contributed by atoms with Crippen LogP contribution in [0.2, 0.25) is 0 Å². The minimum Gasteiger partial charge on any atom is -0.484 e. The minimum atomic E-state index is -0.583. The van der Waals surface area contributed by atoms with Gasteiger partial charge in [0, 0.05) is 18.8 Å². The maximum absolute atomic E-state index is 11.4. The second-order valence-corrected chi connectivity index (χ2v) is 3.77. The quantitative estimate of drug-likeness (QED) is 0.691. The van der Waals surface area contributed by atoms with Crippen LogP contribution in [0.5, 0.6) is 5.75 Å². The van der Waals surface area contributed by atoms with E-state index in [2.05, 4.69) is 10.6 Å². The van der Waals surface area contributed by atoms with E-state index < -0.39 is 6.04 Å². The summed E-state index contributed by atoms with van der Waals surface area (Å²) in [6.07, 6.45) is 0. The molecule has 0 aliphatic carbocycles. The summed E-state index contributed by atoms with van der Waals surface area (Å²) in [5.41, 5.74) is 6.02. The van der Waals surface area contributed by atoms with E-state index in [0.717, 1.165) is 0 Å². The summed E-state index contributed by atoms with van der Waals surface area (Å²) in [5.74, 6) is -0.000421. The molecule has 1 rings (SSSR count). The van der Waals surface area contributed by atoms with Gasteiger partial charge in [0.05, 0.1) is 6.04 Å². The SMILES string of the molecule is CNC(=O)COc1cccc(NC(=O)[C@@H](C)N)c1. The third-order valence-corrected chi connectivity index (χ3v) is 2.16.